The lowest BCUT2D eigenvalue weighted by Crippen LogP contribution is -2.36. The van der Waals surface area contributed by atoms with Crippen LogP contribution < -0.4 is 0 Å². The van der Waals surface area contributed by atoms with Gasteiger partial charge in [0.15, 0.2) is 0 Å². The molecule has 0 aliphatic rings. The minimum Gasteiger partial charge on any atom is -0.340 e. The second-order valence-corrected chi connectivity index (χ2v) is 11.1. The molecule has 0 unspecified atom stereocenters. The zero-order valence-electron chi connectivity index (χ0n) is 13.0. The Labute approximate surface area is 113 Å². The topological polar surface area (TPSA) is 4.93 Å². The molecule has 0 aromatic carbocycles. The molecule has 0 spiro atoms. The standard InChI is InChI=1S/C15H28FNS/c1-12(2)17-11-9-10-13(17)18(16,14(3,4)5)15(6,7)8/h9-12H,1-8H3. The molecule has 0 saturated carbocycles. The van der Waals surface area contributed by atoms with Crippen LogP contribution in [0.5, 0.6) is 0 Å². The van der Waals surface area contributed by atoms with Gasteiger partial charge in [-0.2, -0.15) is 3.89 Å². The van der Waals surface area contributed by atoms with Crippen LogP contribution in [0.15, 0.2) is 23.4 Å². The molecular weight excluding hydrogens is 245 g/mol. The molecule has 18 heavy (non-hydrogen) atoms. The van der Waals surface area contributed by atoms with Crippen LogP contribution in [0, 0.1) is 0 Å². The van der Waals surface area contributed by atoms with Crippen molar-refractivity contribution in [1.29, 1.82) is 0 Å². The predicted molar refractivity (Wildman–Crippen MR) is 81.3 cm³/mol. The average molecular weight is 273 g/mol. The van der Waals surface area contributed by atoms with Gasteiger partial charge in [0.25, 0.3) is 0 Å². The van der Waals surface area contributed by atoms with Crippen LogP contribution in [0.25, 0.3) is 0 Å². The SMILES string of the molecule is CC(C)n1cccc1S(F)(C(C)(C)C)C(C)(C)C. The van der Waals surface area contributed by atoms with Crippen molar-refractivity contribution in [2.75, 3.05) is 0 Å². The van der Waals surface area contributed by atoms with E-state index in [2.05, 4.69) is 18.4 Å². The summed E-state index contributed by atoms with van der Waals surface area (Å²) < 4.78 is 17.4. The monoisotopic (exact) mass is 273 g/mol. The second-order valence-electron chi connectivity index (χ2n) is 7.11. The van der Waals surface area contributed by atoms with Gasteiger partial charge in [-0.15, -0.1) is 0 Å². The molecule has 0 fully saturated rings. The lowest BCUT2D eigenvalue weighted by Gasteiger charge is -2.52. The van der Waals surface area contributed by atoms with Gasteiger partial charge < -0.3 is 4.57 Å². The molecule has 3 heteroatoms. The summed E-state index contributed by atoms with van der Waals surface area (Å²) in [4.78, 5) is 0. The first-order valence-electron chi connectivity index (χ1n) is 6.62. The van der Waals surface area contributed by atoms with Gasteiger partial charge in [0, 0.05) is 21.7 Å². The Balaban J connectivity index is 3.51. The molecule has 0 radical (unpaired) electrons. The Morgan fingerprint density at radius 2 is 1.50 bits per heavy atom. The number of hydrogen-bond donors (Lipinski definition) is 0. The minimum atomic E-state index is -2.42. The number of aromatic nitrogens is 1. The summed E-state index contributed by atoms with van der Waals surface area (Å²) in [5, 5.41) is 0.873. The van der Waals surface area contributed by atoms with Crippen molar-refractivity contribution < 1.29 is 3.89 Å². The molecular formula is C15H28FNS. The number of nitrogens with zero attached hydrogens (tertiary/aromatic N) is 1. The van der Waals surface area contributed by atoms with Gasteiger partial charge in [0.1, 0.15) is 0 Å². The van der Waals surface area contributed by atoms with Crippen molar-refractivity contribution in [1.82, 2.24) is 4.57 Å². The summed E-state index contributed by atoms with van der Waals surface area (Å²) in [7, 11) is -2.42. The number of halogens is 1. The average Bonchev–Trinajstić information content (AvgIpc) is 2.60. The lowest BCUT2D eigenvalue weighted by atomic mass is 10.2. The van der Waals surface area contributed by atoms with Crippen molar-refractivity contribution in [3.05, 3.63) is 18.3 Å². The van der Waals surface area contributed by atoms with Gasteiger partial charge in [0.05, 0.1) is 5.03 Å². The Bertz CT molecular complexity index is 393. The van der Waals surface area contributed by atoms with Crippen molar-refractivity contribution >= 4 is 10.4 Å². The van der Waals surface area contributed by atoms with Gasteiger partial charge in [-0.05, 0) is 77.9 Å². The maximum atomic E-state index is 16.1. The number of hydrogen-bond acceptors (Lipinski definition) is 0. The Morgan fingerprint density at radius 1 is 1.06 bits per heavy atom. The molecule has 1 heterocycles. The summed E-state index contributed by atoms with van der Waals surface area (Å²) in [6.45, 7) is 16.3. The molecule has 1 aromatic heterocycles. The van der Waals surface area contributed by atoms with Crippen LogP contribution in [0.4, 0.5) is 3.89 Å². The lowest BCUT2D eigenvalue weighted by molar-refractivity contribution is 0.537. The molecule has 1 rings (SSSR count). The van der Waals surface area contributed by atoms with Crippen LogP contribution in [-0.4, -0.2) is 14.1 Å². The summed E-state index contributed by atoms with van der Waals surface area (Å²) in [6, 6.07) is 4.22. The third-order valence-electron chi connectivity index (χ3n) is 3.27. The Hall–Kier alpha value is -0.440. The first-order valence-corrected chi connectivity index (χ1v) is 8.15. The quantitative estimate of drug-likeness (QED) is 0.650. The van der Waals surface area contributed by atoms with Crippen LogP contribution in [0.3, 0.4) is 0 Å². The highest BCUT2D eigenvalue weighted by Gasteiger charge is 2.49. The van der Waals surface area contributed by atoms with Crippen LogP contribution in [0.1, 0.15) is 61.4 Å². The highest BCUT2D eigenvalue weighted by molar-refractivity contribution is 8.31. The molecule has 1 aromatic rings. The maximum absolute atomic E-state index is 16.1. The fourth-order valence-electron chi connectivity index (χ4n) is 2.59. The molecule has 0 saturated heterocycles. The third kappa shape index (κ3) is 2.34. The van der Waals surface area contributed by atoms with E-state index in [1.807, 2.05) is 59.9 Å². The summed E-state index contributed by atoms with van der Waals surface area (Å²) in [6.07, 6.45) is 2.00. The van der Waals surface area contributed by atoms with Gasteiger partial charge in [-0.25, -0.2) is 0 Å². The fourth-order valence-corrected chi connectivity index (χ4v) is 6.51. The zero-order valence-corrected chi connectivity index (χ0v) is 13.9. The fraction of sp³-hybridized carbons (Fsp3) is 0.733. The Morgan fingerprint density at radius 3 is 1.83 bits per heavy atom. The van der Waals surface area contributed by atoms with Gasteiger partial charge in [-0.3, -0.25) is 0 Å². The zero-order chi connectivity index (χ0) is 14.4. The van der Waals surface area contributed by atoms with Crippen molar-refractivity contribution in [2.45, 2.75) is 76.0 Å². The van der Waals surface area contributed by atoms with Crippen LogP contribution in [-0.2, 0) is 0 Å². The van der Waals surface area contributed by atoms with Crippen molar-refractivity contribution in [3.63, 3.8) is 0 Å². The molecule has 0 atom stereocenters. The van der Waals surface area contributed by atoms with Gasteiger partial charge >= 0.3 is 0 Å². The largest absolute Gasteiger partial charge is 0.340 e. The van der Waals surface area contributed by atoms with E-state index in [4.69, 9.17) is 0 Å². The third-order valence-corrected chi connectivity index (χ3v) is 7.57. The molecule has 0 bridgehead atoms. The van der Waals surface area contributed by atoms with E-state index in [1.165, 1.54) is 0 Å². The first kappa shape index (κ1) is 15.6. The van der Waals surface area contributed by atoms with Gasteiger partial charge in [0.2, 0.25) is 0 Å². The molecule has 1 nitrogen and oxygen atoms in total. The summed E-state index contributed by atoms with van der Waals surface area (Å²) in [5.74, 6) is 0. The highest BCUT2D eigenvalue weighted by Crippen LogP contribution is 2.74. The second kappa shape index (κ2) is 4.59. The van der Waals surface area contributed by atoms with E-state index in [1.54, 1.807) is 0 Å². The summed E-state index contributed by atoms with van der Waals surface area (Å²) in [5.41, 5.74) is 0. The smallest absolute Gasteiger partial charge is 0.0859 e. The minimum absolute atomic E-state index is 0.294. The highest BCUT2D eigenvalue weighted by atomic mass is 32.3. The van der Waals surface area contributed by atoms with E-state index in [0.717, 1.165) is 5.03 Å². The van der Waals surface area contributed by atoms with E-state index in [0.29, 0.717) is 6.04 Å². The van der Waals surface area contributed by atoms with Crippen LogP contribution >= 0.6 is 10.4 Å². The van der Waals surface area contributed by atoms with Crippen molar-refractivity contribution in [3.8, 4) is 0 Å². The van der Waals surface area contributed by atoms with Gasteiger partial charge in [-0.1, -0.05) is 0 Å². The predicted octanol–water partition coefficient (Wildman–Crippen LogP) is 5.71. The molecule has 0 aliphatic heterocycles. The van der Waals surface area contributed by atoms with E-state index >= 15 is 3.89 Å². The number of rotatable bonds is 2. The summed E-state index contributed by atoms with van der Waals surface area (Å²) >= 11 is 0. The van der Waals surface area contributed by atoms with E-state index in [-0.39, 0.29) is 9.49 Å². The molecule has 0 N–H and O–H groups in total. The van der Waals surface area contributed by atoms with Crippen molar-refractivity contribution in [2.24, 2.45) is 0 Å². The first-order chi connectivity index (χ1) is 7.93. The molecule has 0 amide bonds. The molecule has 106 valence electrons. The normalized spacial score (nSPS) is 15.2. The Kier molecular flexibility index (Phi) is 3.98. The molecule has 0 aliphatic carbocycles. The van der Waals surface area contributed by atoms with Crippen LogP contribution in [0.2, 0.25) is 0 Å². The van der Waals surface area contributed by atoms with E-state index in [9.17, 15) is 0 Å². The van der Waals surface area contributed by atoms with E-state index < -0.39 is 10.4 Å². The maximum Gasteiger partial charge on any atom is 0.0859 e.